The zero-order chi connectivity index (χ0) is 38.2. The van der Waals surface area contributed by atoms with Gasteiger partial charge in [0.05, 0.1) is 69.3 Å². The lowest BCUT2D eigenvalue weighted by Crippen LogP contribution is -2.02. The molecule has 11 aromatic rings. The Morgan fingerprint density at radius 2 is 0.825 bits per heavy atom. The molecule has 0 aliphatic rings. The summed E-state index contributed by atoms with van der Waals surface area (Å²) < 4.78 is 6.83. The summed E-state index contributed by atoms with van der Waals surface area (Å²) >= 11 is 0. The predicted molar refractivity (Wildman–Crippen MR) is 232 cm³/mol. The van der Waals surface area contributed by atoms with Gasteiger partial charge in [0.15, 0.2) is 11.4 Å². The van der Waals surface area contributed by atoms with Crippen LogP contribution in [0, 0.1) is 24.5 Å². The second-order valence-corrected chi connectivity index (χ2v) is 14.2. The van der Waals surface area contributed by atoms with Crippen LogP contribution in [0.2, 0.25) is 0 Å². The minimum atomic E-state index is 0.524. The maximum absolute atomic E-state index is 10.4. The number of aromatic nitrogens is 3. The lowest BCUT2D eigenvalue weighted by Gasteiger charge is -2.19. The summed E-state index contributed by atoms with van der Waals surface area (Å²) in [5.74, 6) is 0. The van der Waals surface area contributed by atoms with E-state index in [1.54, 1.807) is 0 Å². The molecule has 0 bridgehead atoms. The molecule has 0 fully saturated rings. The molecule has 0 radical (unpaired) electrons. The third-order valence-electron chi connectivity index (χ3n) is 11.3. The molecular formula is C51H28N6. The molecule has 6 heteroatoms. The Morgan fingerprint density at radius 1 is 0.386 bits per heavy atom. The van der Waals surface area contributed by atoms with Crippen LogP contribution in [0.5, 0.6) is 0 Å². The molecule has 0 spiro atoms. The first-order chi connectivity index (χ1) is 28.2. The molecule has 0 saturated heterocycles. The lowest BCUT2D eigenvalue weighted by molar-refractivity contribution is 1.15. The Morgan fingerprint density at radius 3 is 1.39 bits per heavy atom. The van der Waals surface area contributed by atoms with Gasteiger partial charge in [-0.2, -0.15) is 5.26 Å². The Labute approximate surface area is 327 Å². The number of nitriles is 1. The Balaban J connectivity index is 1.27. The van der Waals surface area contributed by atoms with Crippen LogP contribution < -0.4 is 0 Å². The molecule has 6 nitrogen and oxygen atoms in total. The van der Waals surface area contributed by atoms with Crippen molar-refractivity contribution in [3.05, 3.63) is 198 Å². The van der Waals surface area contributed by atoms with Crippen LogP contribution in [0.3, 0.4) is 0 Å². The molecule has 0 amide bonds. The highest BCUT2D eigenvalue weighted by Gasteiger charge is 2.23. The van der Waals surface area contributed by atoms with E-state index in [1.807, 2.05) is 66.7 Å². The van der Waals surface area contributed by atoms with Crippen molar-refractivity contribution in [1.29, 1.82) is 5.26 Å². The fraction of sp³-hybridized carbons (Fsp3) is 0. The van der Waals surface area contributed by atoms with Crippen LogP contribution in [0.1, 0.15) is 5.56 Å². The van der Waals surface area contributed by atoms with Gasteiger partial charge in [-0.25, -0.2) is 9.69 Å². The van der Waals surface area contributed by atoms with Crippen LogP contribution in [0.25, 0.3) is 103 Å². The Hall–Kier alpha value is -8.37. The van der Waals surface area contributed by atoms with Crippen LogP contribution in [0.15, 0.2) is 170 Å². The summed E-state index contributed by atoms with van der Waals surface area (Å²) in [5, 5.41) is 16.9. The van der Waals surface area contributed by atoms with E-state index < -0.39 is 0 Å². The monoisotopic (exact) mass is 724 g/mol. The molecular weight excluding hydrogens is 697 g/mol. The molecule has 8 aromatic carbocycles. The van der Waals surface area contributed by atoms with Crippen molar-refractivity contribution < 1.29 is 0 Å². The molecule has 0 aliphatic heterocycles. The maximum Gasteiger partial charge on any atom is 0.189 e. The summed E-state index contributed by atoms with van der Waals surface area (Å²) in [6.45, 7) is 16.0. The molecule has 3 heterocycles. The zero-order valence-corrected chi connectivity index (χ0v) is 30.3. The van der Waals surface area contributed by atoms with Gasteiger partial charge in [0.25, 0.3) is 0 Å². The van der Waals surface area contributed by atoms with E-state index in [-0.39, 0.29) is 0 Å². The second-order valence-electron chi connectivity index (χ2n) is 14.2. The quantitative estimate of drug-likeness (QED) is 0.167. The van der Waals surface area contributed by atoms with Crippen molar-refractivity contribution in [2.45, 2.75) is 0 Å². The van der Waals surface area contributed by atoms with Crippen LogP contribution in [0.4, 0.5) is 11.4 Å². The molecule has 0 atom stereocenters. The fourth-order valence-corrected chi connectivity index (χ4v) is 8.94. The minimum Gasteiger partial charge on any atom is -0.310 e. The number of rotatable bonds is 4. The van der Waals surface area contributed by atoms with Crippen molar-refractivity contribution >= 4 is 76.8 Å². The smallest absolute Gasteiger partial charge is 0.189 e. The number of nitrogens with zero attached hydrogens (tertiary/aromatic N) is 6. The summed E-state index contributed by atoms with van der Waals surface area (Å²) in [5.41, 5.74) is 12.2. The summed E-state index contributed by atoms with van der Waals surface area (Å²) in [6, 6.07) is 60.1. The highest BCUT2D eigenvalue weighted by Crippen LogP contribution is 2.45. The molecule has 0 aliphatic carbocycles. The predicted octanol–water partition coefficient (Wildman–Crippen LogP) is 13.6. The first-order valence-corrected chi connectivity index (χ1v) is 18.6. The second kappa shape index (κ2) is 12.3. The third kappa shape index (κ3) is 4.61. The summed E-state index contributed by atoms with van der Waals surface area (Å²) in [4.78, 5) is 7.74. The average molecular weight is 725 g/mol. The summed E-state index contributed by atoms with van der Waals surface area (Å²) in [6.07, 6.45) is 0. The van der Waals surface area contributed by atoms with Gasteiger partial charge in [-0.15, -0.1) is 0 Å². The zero-order valence-electron chi connectivity index (χ0n) is 30.3. The molecule has 3 aromatic heterocycles. The molecule has 57 heavy (non-hydrogen) atoms. The Bertz CT molecular complexity index is 3520. The highest BCUT2D eigenvalue weighted by atomic mass is 15.0. The average Bonchev–Trinajstić information content (AvgIpc) is 3.91. The van der Waals surface area contributed by atoms with Gasteiger partial charge >= 0.3 is 0 Å². The molecule has 0 unspecified atom stereocenters. The highest BCUT2D eigenvalue weighted by molar-refractivity contribution is 6.17. The molecule has 11 rings (SSSR count). The van der Waals surface area contributed by atoms with E-state index in [0.717, 1.165) is 82.8 Å². The first-order valence-electron chi connectivity index (χ1n) is 18.6. The lowest BCUT2D eigenvalue weighted by atomic mass is 9.98. The van der Waals surface area contributed by atoms with Crippen molar-refractivity contribution in [1.82, 2.24) is 13.7 Å². The van der Waals surface area contributed by atoms with Gasteiger partial charge in [0, 0.05) is 43.7 Å². The number of benzene rings is 8. The van der Waals surface area contributed by atoms with Gasteiger partial charge in [-0.1, -0.05) is 103 Å². The van der Waals surface area contributed by atoms with Crippen molar-refractivity contribution in [2.75, 3.05) is 0 Å². The minimum absolute atomic E-state index is 0.524. The molecule has 0 saturated carbocycles. The van der Waals surface area contributed by atoms with Crippen molar-refractivity contribution in [3.8, 4) is 34.3 Å². The molecule has 262 valence electrons. The summed E-state index contributed by atoms with van der Waals surface area (Å²) in [7, 11) is 0. The number of hydrogen-bond donors (Lipinski definition) is 0. The third-order valence-corrected chi connectivity index (χ3v) is 11.3. The van der Waals surface area contributed by atoms with E-state index in [0.29, 0.717) is 16.9 Å². The van der Waals surface area contributed by atoms with Gasteiger partial charge in [0.1, 0.15) is 0 Å². The van der Waals surface area contributed by atoms with E-state index in [9.17, 15) is 5.26 Å². The van der Waals surface area contributed by atoms with E-state index >= 15 is 0 Å². The number of fused-ring (bicyclic) bond motifs is 9. The van der Waals surface area contributed by atoms with Gasteiger partial charge in [-0.05, 0) is 72.1 Å². The first kappa shape index (κ1) is 32.1. The Kier molecular flexibility index (Phi) is 6.95. The van der Waals surface area contributed by atoms with Crippen molar-refractivity contribution in [3.63, 3.8) is 0 Å². The standard InChI is InChI=1S/C51H28N6/c1-53-33-24-27-46-41(29-33)51-47(55-42-16-7-3-12-35(42)36-13-4-8-17-43(36)55)20-11-21-48(51)57(46)49-28-32(31-52)22-25-39(49)40-26-23-34(54-2)30-50(40)56-44-18-9-5-14-37(44)38-15-6-10-19-45(38)56/h3-30H. The maximum atomic E-state index is 10.4. The van der Waals surface area contributed by atoms with Gasteiger partial charge < -0.3 is 13.7 Å². The largest absolute Gasteiger partial charge is 0.310 e. The van der Waals surface area contributed by atoms with Gasteiger partial charge in [0.2, 0.25) is 0 Å². The van der Waals surface area contributed by atoms with Crippen molar-refractivity contribution in [2.24, 2.45) is 0 Å². The fourth-order valence-electron chi connectivity index (χ4n) is 8.94. The van der Waals surface area contributed by atoms with E-state index in [1.165, 1.54) is 10.8 Å². The topological polar surface area (TPSA) is 47.3 Å². The normalized spacial score (nSPS) is 11.5. The SMILES string of the molecule is [C-]#[N+]c1ccc(-c2ccc(C#N)cc2-n2c3ccc([N+]#[C-])cc3c3c(-n4c5ccccc5c5ccccc54)cccc32)c(-n2c3ccccc3c3ccccc32)c1. The molecule has 0 N–H and O–H groups in total. The van der Waals surface area contributed by atoms with E-state index in [4.69, 9.17) is 13.1 Å². The van der Waals surface area contributed by atoms with E-state index in [2.05, 4.69) is 133 Å². The van der Waals surface area contributed by atoms with Crippen LogP contribution in [-0.2, 0) is 0 Å². The van der Waals surface area contributed by atoms with Gasteiger partial charge in [-0.3, -0.25) is 0 Å². The number of hydrogen-bond acceptors (Lipinski definition) is 1. The number of para-hydroxylation sites is 4. The van der Waals surface area contributed by atoms with Crippen LogP contribution in [-0.4, -0.2) is 13.7 Å². The van der Waals surface area contributed by atoms with Crippen LogP contribution >= 0.6 is 0 Å².